The molecule has 0 atom stereocenters. The predicted octanol–water partition coefficient (Wildman–Crippen LogP) is 1.43. The van der Waals surface area contributed by atoms with Crippen LogP contribution in [0.4, 0.5) is 0 Å². The first kappa shape index (κ1) is 10.1. The average Bonchev–Trinajstić information content (AvgIpc) is 2.43. The third-order valence-electron chi connectivity index (χ3n) is 2.07. The van der Waals surface area contributed by atoms with Crippen LogP contribution in [-0.2, 0) is 11.2 Å². The average molecular weight is 270 g/mol. The van der Waals surface area contributed by atoms with E-state index in [9.17, 15) is 4.79 Å². The van der Waals surface area contributed by atoms with Crippen LogP contribution in [0.5, 0.6) is 0 Å². The van der Waals surface area contributed by atoms with E-state index in [1.54, 1.807) is 23.7 Å². The lowest BCUT2D eigenvalue weighted by Crippen LogP contribution is -2.04. The quantitative estimate of drug-likeness (QED) is 0.896. The van der Waals surface area contributed by atoms with Crippen molar-refractivity contribution in [3.05, 3.63) is 28.3 Å². The third-order valence-corrected chi connectivity index (χ3v) is 2.48. The van der Waals surface area contributed by atoms with E-state index < -0.39 is 5.97 Å². The first-order valence-corrected chi connectivity index (χ1v) is 5.08. The van der Waals surface area contributed by atoms with Gasteiger partial charge in [0.05, 0.1) is 22.3 Å². The Morgan fingerprint density at radius 2 is 2.40 bits per heavy atom. The highest BCUT2D eigenvalue weighted by Crippen LogP contribution is 2.14. The molecule has 2 heterocycles. The summed E-state index contributed by atoms with van der Waals surface area (Å²) in [6.45, 7) is 1.78. The van der Waals surface area contributed by atoms with E-state index in [1.165, 1.54) is 0 Å². The fourth-order valence-corrected chi connectivity index (χ4v) is 1.73. The van der Waals surface area contributed by atoms with Crippen LogP contribution in [-0.4, -0.2) is 25.4 Å². The Balaban J connectivity index is 2.65. The van der Waals surface area contributed by atoms with Crippen LogP contribution >= 0.6 is 15.9 Å². The van der Waals surface area contributed by atoms with Gasteiger partial charge in [-0.25, -0.2) is 9.97 Å². The number of carboxylic acid groups (broad SMARTS) is 1. The molecule has 0 bridgehead atoms. The number of hydrogen-bond donors (Lipinski definition) is 1. The molecule has 0 aliphatic carbocycles. The molecule has 0 amide bonds. The van der Waals surface area contributed by atoms with Crippen LogP contribution in [0, 0.1) is 6.92 Å². The van der Waals surface area contributed by atoms with Gasteiger partial charge in [0.2, 0.25) is 5.78 Å². The van der Waals surface area contributed by atoms with E-state index in [2.05, 4.69) is 25.9 Å². The number of carboxylic acids is 1. The topological polar surface area (TPSA) is 67.5 Å². The Hall–Kier alpha value is -1.43. The van der Waals surface area contributed by atoms with Crippen molar-refractivity contribution in [3.8, 4) is 0 Å². The highest BCUT2D eigenvalue weighted by atomic mass is 79.9. The minimum Gasteiger partial charge on any atom is -0.481 e. The molecule has 0 aliphatic heterocycles. The second-order valence-electron chi connectivity index (χ2n) is 3.16. The number of hydrogen-bond acceptors (Lipinski definition) is 3. The number of carbonyl (C=O) groups is 1. The van der Waals surface area contributed by atoms with Crippen molar-refractivity contribution in [2.24, 2.45) is 0 Å². The summed E-state index contributed by atoms with van der Waals surface area (Å²) in [6.07, 6.45) is 3.35. The molecule has 0 aliphatic rings. The predicted molar refractivity (Wildman–Crippen MR) is 56.8 cm³/mol. The van der Waals surface area contributed by atoms with Gasteiger partial charge < -0.3 is 5.11 Å². The van der Waals surface area contributed by atoms with E-state index in [4.69, 9.17) is 5.11 Å². The highest BCUT2D eigenvalue weighted by molar-refractivity contribution is 9.10. The number of aryl methyl sites for hydroxylation is 1. The summed E-state index contributed by atoms with van der Waals surface area (Å²) in [5.74, 6) is -0.355. The zero-order valence-corrected chi connectivity index (χ0v) is 9.52. The zero-order chi connectivity index (χ0) is 11.0. The maximum atomic E-state index is 10.7. The highest BCUT2D eigenvalue weighted by Gasteiger charge is 2.12. The molecule has 1 N–H and O–H groups in total. The smallest absolute Gasteiger partial charge is 0.309 e. The van der Waals surface area contributed by atoms with Crippen LogP contribution in [0.2, 0.25) is 0 Å². The molecular formula is C9H8BrN3O2. The molecule has 0 fully saturated rings. The van der Waals surface area contributed by atoms with Gasteiger partial charge in [0.25, 0.3) is 0 Å². The zero-order valence-electron chi connectivity index (χ0n) is 7.94. The molecule has 0 radical (unpaired) electrons. The maximum Gasteiger partial charge on any atom is 0.309 e. The molecule has 0 saturated heterocycles. The molecule has 2 aromatic heterocycles. The Morgan fingerprint density at radius 1 is 1.67 bits per heavy atom. The monoisotopic (exact) mass is 269 g/mol. The minimum absolute atomic E-state index is 0.0505. The molecule has 78 valence electrons. The lowest BCUT2D eigenvalue weighted by atomic mass is 10.2. The van der Waals surface area contributed by atoms with Gasteiger partial charge in [-0.1, -0.05) is 0 Å². The summed E-state index contributed by atoms with van der Waals surface area (Å²) in [4.78, 5) is 18.9. The van der Waals surface area contributed by atoms with Gasteiger partial charge in [-0.15, -0.1) is 0 Å². The van der Waals surface area contributed by atoms with Gasteiger partial charge in [-0.3, -0.25) is 9.20 Å². The molecule has 2 aromatic rings. The standard InChI is InChI=1S/C9H8BrN3O2/c1-5-7(2-8(14)15)13-4-6(10)3-11-9(13)12-5/h3-4H,2H2,1H3,(H,14,15). The summed E-state index contributed by atoms with van der Waals surface area (Å²) in [7, 11) is 0. The van der Waals surface area contributed by atoms with Crippen molar-refractivity contribution >= 4 is 27.7 Å². The maximum absolute atomic E-state index is 10.7. The van der Waals surface area contributed by atoms with Crippen molar-refractivity contribution in [2.75, 3.05) is 0 Å². The minimum atomic E-state index is -0.875. The van der Waals surface area contributed by atoms with E-state index in [0.717, 1.165) is 4.47 Å². The second-order valence-corrected chi connectivity index (χ2v) is 4.07. The van der Waals surface area contributed by atoms with Gasteiger partial charge in [-0.05, 0) is 22.9 Å². The number of fused-ring (bicyclic) bond motifs is 1. The molecule has 15 heavy (non-hydrogen) atoms. The Labute approximate surface area is 93.9 Å². The second kappa shape index (κ2) is 3.62. The molecule has 0 aromatic carbocycles. The van der Waals surface area contributed by atoms with Crippen LogP contribution in [0.25, 0.3) is 5.78 Å². The molecule has 0 unspecified atom stereocenters. The van der Waals surface area contributed by atoms with Crippen molar-refractivity contribution in [1.82, 2.24) is 14.4 Å². The van der Waals surface area contributed by atoms with Gasteiger partial charge in [-0.2, -0.15) is 0 Å². The van der Waals surface area contributed by atoms with Crippen molar-refractivity contribution in [2.45, 2.75) is 13.3 Å². The molecule has 0 saturated carbocycles. The first-order chi connectivity index (χ1) is 7.08. The molecule has 6 heteroatoms. The van der Waals surface area contributed by atoms with Gasteiger partial charge >= 0.3 is 5.97 Å². The number of nitrogens with zero attached hydrogens (tertiary/aromatic N) is 3. The largest absolute Gasteiger partial charge is 0.481 e. The number of aromatic nitrogens is 3. The summed E-state index contributed by atoms with van der Waals surface area (Å²) in [5, 5.41) is 8.77. The molecule has 5 nitrogen and oxygen atoms in total. The van der Waals surface area contributed by atoms with Crippen LogP contribution in [0.1, 0.15) is 11.4 Å². The number of halogens is 1. The number of aliphatic carboxylic acids is 1. The normalized spacial score (nSPS) is 10.8. The van der Waals surface area contributed by atoms with Crippen molar-refractivity contribution in [3.63, 3.8) is 0 Å². The fourth-order valence-electron chi connectivity index (χ4n) is 1.42. The van der Waals surface area contributed by atoms with Crippen LogP contribution in [0.3, 0.4) is 0 Å². The van der Waals surface area contributed by atoms with E-state index >= 15 is 0 Å². The summed E-state index contributed by atoms with van der Waals surface area (Å²) in [5.41, 5.74) is 1.36. The lowest BCUT2D eigenvalue weighted by molar-refractivity contribution is -0.136. The molecule has 2 rings (SSSR count). The van der Waals surface area contributed by atoms with Crippen LogP contribution < -0.4 is 0 Å². The van der Waals surface area contributed by atoms with E-state index in [0.29, 0.717) is 17.2 Å². The SMILES string of the molecule is Cc1nc2ncc(Br)cn2c1CC(=O)O. The van der Waals surface area contributed by atoms with Gasteiger partial charge in [0.15, 0.2) is 0 Å². The summed E-state index contributed by atoms with van der Waals surface area (Å²) in [6, 6.07) is 0. The molecular weight excluding hydrogens is 262 g/mol. The van der Waals surface area contributed by atoms with Crippen molar-refractivity contribution < 1.29 is 9.90 Å². The summed E-state index contributed by atoms with van der Waals surface area (Å²) < 4.78 is 2.48. The van der Waals surface area contributed by atoms with Gasteiger partial charge in [0, 0.05) is 12.4 Å². The van der Waals surface area contributed by atoms with Crippen LogP contribution in [0.15, 0.2) is 16.9 Å². The Morgan fingerprint density at radius 3 is 3.07 bits per heavy atom. The lowest BCUT2D eigenvalue weighted by Gasteiger charge is -1.99. The van der Waals surface area contributed by atoms with Gasteiger partial charge in [0.1, 0.15) is 0 Å². The third kappa shape index (κ3) is 1.85. The van der Waals surface area contributed by atoms with E-state index in [-0.39, 0.29) is 6.42 Å². The van der Waals surface area contributed by atoms with E-state index in [1.807, 2.05) is 0 Å². The number of rotatable bonds is 2. The molecule has 0 spiro atoms. The Bertz CT molecular complexity index is 535. The summed E-state index contributed by atoms with van der Waals surface area (Å²) >= 11 is 3.28. The Kier molecular flexibility index (Phi) is 2.44. The fraction of sp³-hybridized carbons (Fsp3) is 0.222. The van der Waals surface area contributed by atoms with Crippen molar-refractivity contribution in [1.29, 1.82) is 0 Å². The first-order valence-electron chi connectivity index (χ1n) is 4.29. The number of imidazole rings is 1.